The Morgan fingerprint density at radius 1 is 1.58 bits per heavy atom. The molecule has 0 rings (SSSR count). The van der Waals surface area contributed by atoms with E-state index in [-0.39, 0.29) is 19.2 Å². The zero-order chi connectivity index (χ0) is 9.61. The first-order chi connectivity index (χ1) is 5.48. The molecular weight excluding hydrogens is 183 g/mol. The number of rotatable bonds is 6. The van der Waals surface area contributed by atoms with Crippen molar-refractivity contribution in [2.45, 2.75) is 19.8 Å². The molecule has 5 nitrogen and oxygen atoms in total. The van der Waals surface area contributed by atoms with Crippen LogP contribution in [0.2, 0.25) is 0 Å². The van der Waals surface area contributed by atoms with Crippen molar-refractivity contribution in [3.63, 3.8) is 0 Å². The van der Waals surface area contributed by atoms with Gasteiger partial charge in [0.1, 0.15) is 0 Å². The lowest BCUT2D eigenvalue weighted by molar-refractivity contribution is -0.136. The van der Waals surface area contributed by atoms with Gasteiger partial charge < -0.3 is 14.5 Å². The Morgan fingerprint density at radius 2 is 2.17 bits per heavy atom. The van der Waals surface area contributed by atoms with Crippen molar-refractivity contribution in [1.29, 1.82) is 0 Å². The van der Waals surface area contributed by atoms with Gasteiger partial charge in [0.25, 0.3) is 0 Å². The molecule has 2 N–H and O–H groups in total. The number of carboxylic acid groups (broad SMARTS) is 1. The molecule has 0 fully saturated rings. The van der Waals surface area contributed by atoms with Crippen molar-refractivity contribution in [3.05, 3.63) is 0 Å². The first-order valence-electron chi connectivity index (χ1n) is 3.66. The molecule has 1 unspecified atom stereocenters. The van der Waals surface area contributed by atoms with Crippen LogP contribution in [0.15, 0.2) is 0 Å². The smallest absolute Gasteiger partial charge is 0.328 e. The molecule has 0 bridgehead atoms. The summed E-state index contributed by atoms with van der Waals surface area (Å²) in [7, 11) is -3.64. The van der Waals surface area contributed by atoms with E-state index < -0.39 is 13.6 Å². The van der Waals surface area contributed by atoms with E-state index in [0.717, 1.165) is 0 Å². The minimum atomic E-state index is -3.64. The highest BCUT2D eigenvalue weighted by molar-refractivity contribution is 7.52. The largest absolute Gasteiger partial charge is 0.481 e. The predicted octanol–water partition coefficient (Wildman–Crippen LogP) is 1.07. The van der Waals surface area contributed by atoms with Gasteiger partial charge in [-0.15, -0.1) is 0 Å². The van der Waals surface area contributed by atoms with E-state index in [4.69, 9.17) is 10.00 Å². The van der Waals surface area contributed by atoms with Crippen molar-refractivity contribution in [1.82, 2.24) is 0 Å². The second-order valence-corrected chi connectivity index (χ2v) is 4.32. The van der Waals surface area contributed by atoms with Crippen molar-refractivity contribution in [2.24, 2.45) is 0 Å². The Balaban J connectivity index is 3.71. The fourth-order valence-electron chi connectivity index (χ4n) is 0.535. The Morgan fingerprint density at radius 3 is 2.58 bits per heavy atom. The summed E-state index contributed by atoms with van der Waals surface area (Å²) in [5.74, 6) is -1.09. The average molecular weight is 196 g/mol. The zero-order valence-electron chi connectivity index (χ0n) is 6.89. The molecule has 0 aromatic heterocycles. The Labute approximate surface area is 70.9 Å². The Kier molecular flexibility index (Phi) is 5.13. The molecule has 0 radical (unpaired) electrons. The van der Waals surface area contributed by atoms with E-state index in [1.807, 2.05) is 0 Å². The summed E-state index contributed by atoms with van der Waals surface area (Å²) in [4.78, 5) is 19.0. The number of carbonyl (C=O) groups is 1. The van der Waals surface area contributed by atoms with E-state index in [9.17, 15) is 9.36 Å². The van der Waals surface area contributed by atoms with Crippen LogP contribution in [0, 0.1) is 0 Å². The van der Waals surface area contributed by atoms with Gasteiger partial charge in [0.15, 0.2) is 0 Å². The lowest BCUT2D eigenvalue weighted by atomic mass is 10.5. The SMILES string of the molecule is CCCOP(=O)(O)CCC(=O)O. The normalized spacial score (nSPS) is 15.5. The maximum atomic E-state index is 10.9. The highest BCUT2D eigenvalue weighted by Gasteiger charge is 2.19. The van der Waals surface area contributed by atoms with Crippen LogP contribution < -0.4 is 0 Å². The summed E-state index contributed by atoms with van der Waals surface area (Å²) in [6.07, 6.45) is -0.0164. The van der Waals surface area contributed by atoms with Crippen molar-refractivity contribution in [2.75, 3.05) is 12.8 Å². The summed E-state index contributed by atoms with van der Waals surface area (Å²) in [5, 5.41) is 8.21. The van der Waals surface area contributed by atoms with Crippen LogP contribution in [0.1, 0.15) is 19.8 Å². The standard InChI is InChI=1S/C6H13O5P/c1-2-4-11-12(9,10)5-3-6(7)8/h2-5H2,1H3,(H,7,8)(H,9,10). The highest BCUT2D eigenvalue weighted by Crippen LogP contribution is 2.42. The van der Waals surface area contributed by atoms with Gasteiger partial charge >= 0.3 is 13.6 Å². The first-order valence-corrected chi connectivity index (χ1v) is 5.42. The fraction of sp³-hybridized carbons (Fsp3) is 0.833. The van der Waals surface area contributed by atoms with Crippen molar-refractivity contribution < 1.29 is 23.9 Å². The summed E-state index contributed by atoms with van der Waals surface area (Å²) >= 11 is 0. The molecule has 0 amide bonds. The molecule has 0 aromatic carbocycles. The van der Waals surface area contributed by atoms with E-state index in [0.29, 0.717) is 6.42 Å². The van der Waals surface area contributed by atoms with E-state index in [1.165, 1.54) is 0 Å². The summed E-state index contributed by atoms with van der Waals surface area (Å²) in [6.45, 7) is 1.99. The van der Waals surface area contributed by atoms with Crippen LogP contribution in [0.3, 0.4) is 0 Å². The molecular formula is C6H13O5P. The van der Waals surface area contributed by atoms with Crippen LogP contribution in [0.25, 0.3) is 0 Å². The fourth-order valence-corrected chi connectivity index (χ4v) is 1.61. The lowest BCUT2D eigenvalue weighted by Gasteiger charge is -2.09. The number of carboxylic acids is 1. The average Bonchev–Trinajstić information content (AvgIpc) is 1.98. The van der Waals surface area contributed by atoms with Gasteiger partial charge in [-0.2, -0.15) is 0 Å². The Bertz CT molecular complexity index is 190. The second kappa shape index (κ2) is 5.30. The third kappa shape index (κ3) is 6.34. The molecule has 72 valence electrons. The van der Waals surface area contributed by atoms with Gasteiger partial charge in [-0.25, -0.2) is 0 Å². The first kappa shape index (κ1) is 11.6. The minimum absolute atomic E-state index is 0.188. The zero-order valence-corrected chi connectivity index (χ0v) is 7.79. The maximum Gasteiger partial charge on any atom is 0.328 e. The molecule has 1 atom stereocenters. The molecule has 0 saturated heterocycles. The number of hydrogen-bond donors (Lipinski definition) is 2. The lowest BCUT2D eigenvalue weighted by Crippen LogP contribution is -2.02. The summed E-state index contributed by atoms with van der Waals surface area (Å²) < 4.78 is 15.5. The molecule has 12 heavy (non-hydrogen) atoms. The van der Waals surface area contributed by atoms with Crippen LogP contribution >= 0.6 is 7.60 Å². The number of aliphatic carboxylic acids is 1. The summed E-state index contributed by atoms with van der Waals surface area (Å²) in [5.41, 5.74) is 0. The van der Waals surface area contributed by atoms with E-state index in [2.05, 4.69) is 4.52 Å². The molecule has 0 aliphatic heterocycles. The number of hydrogen-bond acceptors (Lipinski definition) is 3. The third-order valence-corrected chi connectivity index (χ3v) is 2.48. The molecule has 0 spiro atoms. The molecule has 6 heteroatoms. The van der Waals surface area contributed by atoms with Gasteiger partial charge in [-0.3, -0.25) is 9.36 Å². The Hall–Kier alpha value is -0.380. The van der Waals surface area contributed by atoms with Gasteiger partial charge in [-0.1, -0.05) is 6.92 Å². The van der Waals surface area contributed by atoms with E-state index in [1.54, 1.807) is 6.92 Å². The quantitative estimate of drug-likeness (QED) is 0.621. The second-order valence-electron chi connectivity index (χ2n) is 2.34. The molecule has 0 aromatic rings. The van der Waals surface area contributed by atoms with Crippen LogP contribution in [-0.2, 0) is 13.9 Å². The van der Waals surface area contributed by atoms with E-state index >= 15 is 0 Å². The maximum absolute atomic E-state index is 10.9. The van der Waals surface area contributed by atoms with Crippen LogP contribution in [0.5, 0.6) is 0 Å². The topological polar surface area (TPSA) is 83.8 Å². The highest BCUT2D eigenvalue weighted by atomic mass is 31.2. The van der Waals surface area contributed by atoms with Crippen LogP contribution in [-0.4, -0.2) is 28.7 Å². The predicted molar refractivity (Wildman–Crippen MR) is 43.2 cm³/mol. The van der Waals surface area contributed by atoms with Gasteiger partial charge in [0, 0.05) is 0 Å². The molecule has 0 heterocycles. The van der Waals surface area contributed by atoms with Gasteiger partial charge in [0.2, 0.25) is 0 Å². The van der Waals surface area contributed by atoms with Gasteiger partial charge in [-0.05, 0) is 6.42 Å². The monoisotopic (exact) mass is 196 g/mol. The van der Waals surface area contributed by atoms with Gasteiger partial charge in [0.05, 0.1) is 19.2 Å². The van der Waals surface area contributed by atoms with Crippen molar-refractivity contribution >= 4 is 13.6 Å². The molecule has 0 aliphatic rings. The minimum Gasteiger partial charge on any atom is -0.481 e. The molecule has 0 saturated carbocycles. The molecule has 0 aliphatic carbocycles. The van der Waals surface area contributed by atoms with Crippen molar-refractivity contribution in [3.8, 4) is 0 Å². The summed E-state index contributed by atoms with van der Waals surface area (Å²) in [6, 6.07) is 0. The third-order valence-electron chi connectivity index (χ3n) is 1.11. The van der Waals surface area contributed by atoms with Crippen LogP contribution in [0.4, 0.5) is 0 Å².